The molecule has 0 unspecified atom stereocenters. The van der Waals surface area contributed by atoms with E-state index >= 15 is 0 Å². The van der Waals surface area contributed by atoms with E-state index in [2.05, 4.69) is 20.7 Å². The summed E-state index contributed by atoms with van der Waals surface area (Å²) < 4.78 is 21.2. The Balaban J connectivity index is 0.000000320. The molecule has 18 heteroatoms. The van der Waals surface area contributed by atoms with E-state index in [1.165, 1.54) is 37.5 Å². The second-order valence-electron chi connectivity index (χ2n) is 10.2. The van der Waals surface area contributed by atoms with Crippen LogP contribution in [-0.4, -0.2) is 75.4 Å². The maximum absolute atomic E-state index is 14.3. The van der Waals surface area contributed by atoms with Crippen molar-refractivity contribution in [2.24, 2.45) is 11.5 Å². The largest absolute Gasteiger partial charge is 0.496 e. The number of benzene rings is 2. The lowest BCUT2D eigenvalue weighted by atomic mass is 9.99. The fourth-order valence-corrected chi connectivity index (χ4v) is 4.29. The van der Waals surface area contributed by atoms with Gasteiger partial charge in [0.25, 0.3) is 0 Å². The number of nitrogens with zero attached hydrogens (tertiary/aromatic N) is 4. The second kappa shape index (κ2) is 19.7. The molecule has 2 aromatic carbocycles. The predicted octanol–water partition coefficient (Wildman–Crippen LogP) is 2.06. The first-order valence-corrected chi connectivity index (χ1v) is 14.9. The van der Waals surface area contributed by atoms with Crippen LogP contribution in [0.2, 0.25) is 0 Å². The molecule has 4 aromatic rings. The number of aromatic nitrogens is 4. The van der Waals surface area contributed by atoms with Crippen LogP contribution in [0.15, 0.2) is 73.0 Å². The minimum atomic E-state index is -1.20. The number of rotatable bonds is 13. The predicted molar refractivity (Wildman–Crippen MR) is 187 cm³/mol. The van der Waals surface area contributed by atoms with Gasteiger partial charge in [-0.15, -0.1) is 5.10 Å². The fraction of sp³-hybridized carbons (Fsp3) is 0.182. The van der Waals surface area contributed by atoms with Crippen LogP contribution in [0.25, 0.3) is 5.82 Å². The highest BCUT2D eigenvalue weighted by Gasteiger charge is 2.17. The van der Waals surface area contributed by atoms with E-state index in [1.54, 1.807) is 49.5 Å². The van der Waals surface area contributed by atoms with E-state index in [1.807, 2.05) is 0 Å². The van der Waals surface area contributed by atoms with E-state index in [0.29, 0.717) is 65.9 Å². The molecule has 4 rings (SSSR count). The number of hydrogen-bond donors (Lipinski definition) is 8. The highest BCUT2D eigenvalue weighted by molar-refractivity contribution is 5.95. The number of nitrogen functional groups attached to an aromatic ring is 1. The minimum Gasteiger partial charge on any atom is -0.496 e. The first kappa shape index (κ1) is 40.2. The zero-order chi connectivity index (χ0) is 38.1. The zero-order valence-corrected chi connectivity index (χ0v) is 28.0. The normalized spacial score (nSPS) is 10.8. The lowest BCUT2D eigenvalue weighted by Gasteiger charge is -2.14. The molecule has 51 heavy (non-hydrogen) atoms. The van der Waals surface area contributed by atoms with Gasteiger partial charge in [-0.3, -0.25) is 19.6 Å². The maximum atomic E-state index is 14.3. The van der Waals surface area contributed by atoms with Crippen LogP contribution in [0.3, 0.4) is 0 Å². The van der Waals surface area contributed by atoms with E-state index in [0.717, 1.165) is 10.9 Å². The molecule has 11 N–H and O–H groups in total. The molecule has 0 bridgehead atoms. The van der Waals surface area contributed by atoms with Crippen LogP contribution in [0.1, 0.15) is 48.8 Å². The molecule has 0 aliphatic rings. The van der Waals surface area contributed by atoms with Gasteiger partial charge in [0, 0.05) is 38.2 Å². The van der Waals surface area contributed by atoms with Crippen molar-refractivity contribution >= 4 is 41.7 Å². The van der Waals surface area contributed by atoms with Crippen molar-refractivity contribution in [3.8, 4) is 5.75 Å². The summed E-state index contributed by atoms with van der Waals surface area (Å²) in [5.41, 5.74) is 13.1. The van der Waals surface area contributed by atoms with Crippen molar-refractivity contribution in [2.45, 2.75) is 19.3 Å². The Morgan fingerprint density at radius 1 is 0.980 bits per heavy atom. The third-order valence-corrected chi connectivity index (χ3v) is 6.89. The number of anilines is 2. The summed E-state index contributed by atoms with van der Waals surface area (Å²) in [4.78, 5) is 47.5. The molecule has 0 saturated carbocycles. The summed E-state index contributed by atoms with van der Waals surface area (Å²) in [6.45, 7) is 0. The van der Waals surface area contributed by atoms with Gasteiger partial charge in [0.15, 0.2) is 18.1 Å². The first-order chi connectivity index (χ1) is 24.3. The lowest BCUT2D eigenvalue weighted by molar-refractivity contribution is -0.105. The molecule has 0 spiro atoms. The Bertz CT molecular complexity index is 1960. The van der Waals surface area contributed by atoms with Gasteiger partial charge in [0.05, 0.1) is 29.6 Å². The number of imidazole rings is 1. The van der Waals surface area contributed by atoms with Crippen LogP contribution >= 0.6 is 0 Å². The average Bonchev–Trinajstić information content (AvgIpc) is 3.68. The highest BCUT2D eigenvalue weighted by Crippen LogP contribution is 2.29. The van der Waals surface area contributed by atoms with Crippen molar-refractivity contribution in [3.63, 3.8) is 0 Å². The molecule has 0 saturated heterocycles. The number of aldehydes is 2. The quantitative estimate of drug-likeness (QED) is 0.0428. The summed E-state index contributed by atoms with van der Waals surface area (Å²) in [6.07, 6.45) is 10.3. The van der Waals surface area contributed by atoms with Gasteiger partial charge in [0.2, 0.25) is 0 Å². The lowest BCUT2D eigenvalue weighted by Crippen LogP contribution is -2.29. The Labute approximate surface area is 291 Å². The highest BCUT2D eigenvalue weighted by atomic mass is 19.1. The van der Waals surface area contributed by atoms with E-state index in [4.69, 9.17) is 32.6 Å². The van der Waals surface area contributed by atoms with Gasteiger partial charge in [-0.05, 0) is 72.9 Å². The minimum absolute atomic E-state index is 0.0607. The van der Waals surface area contributed by atoms with Crippen molar-refractivity contribution in [2.75, 3.05) is 37.7 Å². The van der Waals surface area contributed by atoms with Crippen molar-refractivity contribution < 1.29 is 38.5 Å². The van der Waals surface area contributed by atoms with Crippen LogP contribution in [0.4, 0.5) is 15.8 Å². The van der Waals surface area contributed by atoms with Gasteiger partial charge < -0.3 is 42.9 Å². The molecular weight excluding hydrogens is 667 g/mol. The number of aryl methyl sites for hydroxylation is 2. The number of carbonyl (C=O) groups is 4. The molecule has 0 aliphatic heterocycles. The topological polar surface area (TPSA) is 280 Å². The standard InChI is InChI=1S/C20H23FN2O5.C8H10N4O.C5H6N4O/c1-22-16-8-11(15(21)9-14(16)20(26)27)5-4-6-12-7-13(19(24)25)17(23-2)10-18(12)28-3;9-7(5-13)1-2-8(10)12-4-3-11-6-12;6-5-2-1-4(3-10)8-9(5)7/h7-10,22-23H,4-6H2,1-3H3,(H,24,25)(H,26,27);1-6H,9-10H2;1-3,6H,7H2/b;7-1-,8-2+;. The van der Waals surface area contributed by atoms with Crippen LogP contribution in [0, 0.1) is 11.2 Å². The van der Waals surface area contributed by atoms with Gasteiger partial charge in [0.1, 0.15) is 29.4 Å². The van der Waals surface area contributed by atoms with Gasteiger partial charge in [-0.1, -0.05) is 0 Å². The number of nitrogens with one attached hydrogen (secondary N) is 3. The molecule has 0 fully saturated rings. The monoisotopic (exact) mass is 706 g/mol. The van der Waals surface area contributed by atoms with Crippen molar-refractivity contribution in [1.29, 1.82) is 5.41 Å². The number of carbonyl (C=O) groups excluding carboxylic acids is 2. The van der Waals surface area contributed by atoms with Crippen LogP contribution < -0.4 is 38.2 Å². The van der Waals surface area contributed by atoms with Gasteiger partial charge >= 0.3 is 11.9 Å². The second-order valence-corrected chi connectivity index (χ2v) is 10.2. The van der Waals surface area contributed by atoms with Crippen LogP contribution in [0.5, 0.6) is 5.75 Å². The number of carboxylic acid groups (broad SMARTS) is 2. The third-order valence-electron chi connectivity index (χ3n) is 6.89. The zero-order valence-electron chi connectivity index (χ0n) is 28.0. The van der Waals surface area contributed by atoms with Crippen LogP contribution in [-0.2, 0) is 17.6 Å². The Morgan fingerprint density at radius 2 is 1.61 bits per heavy atom. The smallest absolute Gasteiger partial charge is 0.337 e. The number of carboxylic acids is 2. The molecule has 270 valence electrons. The summed E-state index contributed by atoms with van der Waals surface area (Å²) >= 11 is 0. The molecule has 17 nitrogen and oxygen atoms in total. The first-order valence-electron chi connectivity index (χ1n) is 14.9. The number of nitrogens with two attached hydrogens (primary N) is 3. The molecular formula is C33H39FN10O7. The molecule has 2 heterocycles. The molecule has 0 atom stereocenters. The SMILES string of the molecule is CNc1cc(CCCc2cc(C(=O)O)c(NC)cc2OC)c(F)cc1C(=O)O.N/C(C=O)=C\C=C(/N)n1ccnc1.N=c1ccc(C=O)nn1N. The Hall–Kier alpha value is -6.98. The maximum Gasteiger partial charge on any atom is 0.337 e. The van der Waals surface area contributed by atoms with E-state index in [-0.39, 0.29) is 28.0 Å². The fourth-order valence-electron chi connectivity index (χ4n) is 4.29. The number of aromatic carboxylic acids is 2. The Kier molecular flexibility index (Phi) is 15.6. The van der Waals surface area contributed by atoms with E-state index in [9.17, 15) is 28.7 Å². The average molecular weight is 707 g/mol. The van der Waals surface area contributed by atoms with Gasteiger partial charge in [-0.2, -0.15) is 4.79 Å². The molecule has 0 aliphatic carbocycles. The number of allylic oxidation sites excluding steroid dienone is 3. The number of methoxy groups -OCH3 is 1. The van der Waals surface area contributed by atoms with Crippen molar-refractivity contribution in [1.82, 2.24) is 19.4 Å². The summed E-state index contributed by atoms with van der Waals surface area (Å²) in [5.74, 6) is 3.31. The number of hydrogen-bond acceptors (Lipinski definition) is 13. The summed E-state index contributed by atoms with van der Waals surface area (Å²) in [6, 6.07) is 8.50. The van der Waals surface area contributed by atoms with Crippen molar-refractivity contribution in [3.05, 3.63) is 112 Å². The van der Waals surface area contributed by atoms with E-state index < -0.39 is 17.8 Å². The summed E-state index contributed by atoms with van der Waals surface area (Å²) in [5, 5.41) is 34.7. The molecule has 2 aromatic heterocycles. The molecule has 0 radical (unpaired) electrons. The number of halogens is 1. The Morgan fingerprint density at radius 3 is 2.14 bits per heavy atom. The third kappa shape index (κ3) is 11.9. The van der Waals surface area contributed by atoms with Gasteiger partial charge in [-0.25, -0.2) is 19.0 Å². The number of ether oxygens (including phenoxy) is 1. The summed E-state index contributed by atoms with van der Waals surface area (Å²) in [7, 11) is 4.71. The molecule has 0 amide bonds.